The van der Waals surface area contributed by atoms with Gasteiger partial charge in [0.05, 0.1) is 0 Å². The van der Waals surface area contributed by atoms with E-state index in [-0.39, 0.29) is 5.69 Å². The molecular weight excluding hydrogens is 405 g/mol. The number of hydrogen-bond acceptors (Lipinski definition) is 7. The van der Waals surface area contributed by atoms with Crippen molar-refractivity contribution in [2.45, 2.75) is 12.5 Å². The average Bonchev–Trinajstić information content (AvgIpc) is 2.79. The number of carbonyl (C=O) groups excluding carboxylic acids is 1. The van der Waals surface area contributed by atoms with Crippen molar-refractivity contribution in [2.75, 3.05) is 12.0 Å². The van der Waals surface area contributed by atoms with Gasteiger partial charge < -0.3 is 0 Å². The third-order valence-corrected chi connectivity index (χ3v) is 4.78. The monoisotopic (exact) mass is 420 g/mol. The van der Waals surface area contributed by atoms with E-state index in [9.17, 15) is 13.6 Å². The van der Waals surface area contributed by atoms with Crippen LogP contribution in [-0.2, 0) is 4.65 Å². The van der Waals surface area contributed by atoms with Crippen molar-refractivity contribution in [2.24, 2.45) is 4.99 Å². The van der Waals surface area contributed by atoms with Crippen LogP contribution in [0.2, 0.25) is 0 Å². The van der Waals surface area contributed by atoms with Crippen LogP contribution < -0.4 is 16.0 Å². The van der Waals surface area contributed by atoms with Gasteiger partial charge in [0.2, 0.25) is 0 Å². The summed E-state index contributed by atoms with van der Waals surface area (Å²) in [6.07, 6.45) is 4.60. The third-order valence-electron chi connectivity index (χ3n) is 4.78. The van der Waals surface area contributed by atoms with Crippen molar-refractivity contribution in [3.63, 3.8) is 0 Å². The van der Waals surface area contributed by atoms with Gasteiger partial charge in [0.1, 0.15) is 0 Å². The van der Waals surface area contributed by atoms with Crippen LogP contribution in [0, 0.1) is 23.2 Å². The van der Waals surface area contributed by atoms with E-state index in [1.54, 1.807) is 12.5 Å². The minimum absolute atomic E-state index is 0.0300. The van der Waals surface area contributed by atoms with Gasteiger partial charge in [-0.3, -0.25) is 0 Å². The number of hydrogen-bond donors (Lipinski definition) is 3. The van der Waals surface area contributed by atoms with Crippen LogP contribution in [0.3, 0.4) is 0 Å². The standard InChI is InChI=1S/C20H15BF2N6O2/c22-11-1-4-16(26-7-11)20(30)28-12-2-3-15(23)13(5-12)18-6-17-14(8-25-10-27-17)19(29-18)21-31-9-24/h1-5,7-8,18,27,29H,6,10H2,(H,28,30)/t18-/m0/s1. The van der Waals surface area contributed by atoms with Gasteiger partial charge in [-0.25, -0.2) is 4.39 Å². The Balaban J connectivity index is 1.60. The van der Waals surface area contributed by atoms with Crippen LogP contribution in [0.5, 0.6) is 0 Å². The second-order valence-electron chi connectivity index (χ2n) is 6.73. The van der Waals surface area contributed by atoms with E-state index in [0.717, 1.165) is 23.5 Å². The fourth-order valence-electron chi connectivity index (χ4n) is 3.35. The molecule has 0 unspecified atom stereocenters. The fourth-order valence-corrected chi connectivity index (χ4v) is 3.35. The van der Waals surface area contributed by atoms with E-state index in [4.69, 9.17) is 9.92 Å². The molecule has 8 nitrogen and oxygen atoms in total. The van der Waals surface area contributed by atoms with Gasteiger partial charge in [-0.15, -0.1) is 0 Å². The summed E-state index contributed by atoms with van der Waals surface area (Å²) >= 11 is 0. The van der Waals surface area contributed by atoms with Crippen LogP contribution in [0.1, 0.15) is 28.5 Å². The van der Waals surface area contributed by atoms with E-state index in [2.05, 4.69) is 25.9 Å². The summed E-state index contributed by atoms with van der Waals surface area (Å²) in [7, 11) is 1.24. The van der Waals surface area contributed by atoms with Crippen LogP contribution >= 0.6 is 0 Å². The Morgan fingerprint density at radius 1 is 1.32 bits per heavy atom. The number of rotatable bonds is 4. The van der Waals surface area contributed by atoms with Gasteiger partial charge in [0, 0.05) is 0 Å². The molecule has 1 aromatic carbocycles. The summed E-state index contributed by atoms with van der Waals surface area (Å²) in [5.74, 6) is -1.57. The molecule has 0 radical (unpaired) electrons. The molecule has 2 aliphatic heterocycles. The van der Waals surface area contributed by atoms with E-state index in [1.165, 1.54) is 31.4 Å². The van der Waals surface area contributed by atoms with Crippen molar-refractivity contribution in [3.05, 3.63) is 70.7 Å². The minimum atomic E-state index is -0.553. The zero-order valence-electron chi connectivity index (χ0n) is 16.0. The first-order valence-corrected chi connectivity index (χ1v) is 9.26. The number of nitriles is 1. The quantitative estimate of drug-likeness (QED) is 0.514. The molecule has 1 aromatic heterocycles. The molecule has 3 N–H and O–H groups in total. The summed E-state index contributed by atoms with van der Waals surface area (Å²) in [5, 5.41) is 17.7. The molecule has 1 amide bonds. The Hall–Kier alpha value is -4.07. The molecule has 0 saturated heterocycles. The van der Waals surface area contributed by atoms with Gasteiger partial charge in [-0.2, -0.15) is 0 Å². The fraction of sp³-hybridized carbons (Fsp3) is 0.150. The van der Waals surface area contributed by atoms with Gasteiger partial charge in [-0.05, 0) is 0 Å². The maximum absolute atomic E-state index is 14.7. The molecule has 2 aromatic rings. The predicted molar refractivity (Wildman–Crippen MR) is 110 cm³/mol. The molecule has 0 bridgehead atoms. The van der Waals surface area contributed by atoms with E-state index < -0.39 is 23.6 Å². The first-order chi connectivity index (χ1) is 15.0. The first-order valence-electron chi connectivity index (χ1n) is 9.26. The number of amides is 1. The second-order valence-corrected chi connectivity index (χ2v) is 6.73. The number of benzene rings is 1. The van der Waals surface area contributed by atoms with Crippen molar-refractivity contribution >= 4 is 30.5 Å². The average molecular weight is 420 g/mol. The van der Waals surface area contributed by atoms with Crippen LogP contribution in [-0.4, -0.2) is 36.5 Å². The number of carbonyl (C=O) groups is 1. The summed E-state index contributed by atoms with van der Waals surface area (Å²) < 4.78 is 32.4. The molecular formula is C20H15BF2N6O2. The molecule has 3 heterocycles. The summed E-state index contributed by atoms with van der Waals surface area (Å²) in [6, 6.07) is 6.09. The topological polar surface area (TPSA) is 111 Å². The normalized spacial score (nSPS) is 18.2. The van der Waals surface area contributed by atoms with Crippen molar-refractivity contribution in [1.82, 2.24) is 15.6 Å². The Bertz CT molecular complexity index is 1160. The van der Waals surface area contributed by atoms with E-state index in [1.807, 2.05) is 0 Å². The van der Waals surface area contributed by atoms with Crippen LogP contribution in [0.4, 0.5) is 14.5 Å². The molecule has 11 heteroatoms. The number of halogens is 2. The molecule has 2 aliphatic rings. The molecule has 31 heavy (non-hydrogen) atoms. The predicted octanol–water partition coefficient (Wildman–Crippen LogP) is 1.78. The molecule has 0 saturated carbocycles. The van der Waals surface area contributed by atoms with E-state index >= 15 is 0 Å². The number of aromatic nitrogens is 1. The Morgan fingerprint density at radius 2 is 2.19 bits per heavy atom. The molecule has 0 spiro atoms. The SMILES string of the molecule is N#COB=C1N[C@H](c2cc(NC(=O)c3ccc(F)cn3)ccc2F)CC2=C1C=NCN2. The third kappa shape index (κ3) is 4.43. The molecule has 0 aliphatic carbocycles. The number of aliphatic imine (C=N–C) groups is 1. The van der Waals surface area contributed by atoms with Crippen LogP contribution in [0.25, 0.3) is 0 Å². The molecule has 0 fully saturated rings. The zero-order chi connectivity index (χ0) is 21.8. The summed E-state index contributed by atoms with van der Waals surface area (Å²) in [5.41, 5.74) is 2.73. The van der Waals surface area contributed by atoms with Crippen molar-refractivity contribution in [3.8, 4) is 6.26 Å². The number of nitrogens with one attached hydrogen (secondary N) is 3. The van der Waals surface area contributed by atoms with Gasteiger partial charge >= 0.3 is 172 Å². The molecule has 1 atom stereocenters. The Morgan fingerprint density at radius 3 is 2.97 bits per heavy atom. The van der Waals surface area contributed by atoms with Gasteiger partial charge in [-0.1, -0.05) is 0 Å². The Kier molecular flexibility index (Phi) is 5.70. The number of nitrogens with zero attached hydrogens (tertiary/aromatic N) is 3. The van der Waals surface area contributed by atoms with E-state index in [0.29, 0.717) is 29.9 Å². The van der Waals surface area contributed by atoms with Crippen molar-refractivity contribution in [1.29, 1.82) is 5.26 Å². The Labute approximate surface area is 176 Å². The molecule has 4 rings (SSSR count). The summed E-state index contributed by atoms with van der Waals surface area (Å²) in [6.45, 7) is 0.390. The number of anilines is 1. The van der Waals surface area contributed by atoms with Gasteiger partial charge in [0.25, 0.3) is 0 Å². The zero-order valence-corrected chi connectivity index (χ0v) is 16.0. The van der Waals surface area contributed by atoms with Crippen molar-refractivity contribution < 1.29 is 18.2 Å². The van der Waals surface area contributed by atoms with Gasteiger partial charge in [0.15, 0.2) is 0 Å². The van der Waals surface area contributed by atoms with Crippen LogP contribution in [0.15, 0.2) is 52.8 Å². The first kappa shape index (κ1) is 20.2. The molecule has 154 valence electrons. The maximum atomic E-state index is 14.7. The number of pyridine rings is 1. The second kappa shape index (κ2) is 8.75. The summed E-state index contributed by atoms with van der Waals surface area (Å²) in [4.78, 5) is 20.3.